The van der Waals surface area contributed by atoms with E-state index in [9.17, 15) is 13.2 Å². The van der Waals surface area contributed by atoms with E-state index in [0.717, 1.165) is 8.66 Å². The molecule has 0 amide bonds. The molecule has 0 spiro atoms. The van der Waals surface area contributed by atoms with Gasteiger partial charge >= 0.3 is 6.18 Å². The molecule has 7 heteroatoms. The third-order valence-corrected chi connectivity index (χ3v) is 4.36. The van der Waals surface area contributed by atoms with Crippen LogP contribution in [-0.4, -0.2) is 30.7 Å². The molecule has 0 fully saturated rings. The molecular formula is C11H16BrF3N2S. The third-order valence-electron chi connectivity index (χ3n) is 2.67. The summed E-state index contributed by atoms with van der Waals surface area (Å²) in [6, 6.07) is 2.93. The maximum atomic E-state index is 12.5. The van der Waals surface area contributed by atoms with E-state index >= 15 is 0 Å². The third kappa shape index (κ3) is 4.53. The number of rotatable bonds is 5. The molecule has 2 atom stereocenters. The highest BCUT2D eigenvalue weighted by Gasteiger charge is 2.34. The van der Waals surface area contributed by atoms with E-state index < -0.39 is 18.8 Å². The highest BCUT2D eigenvalue weighted by molar-refractivity contribution is 9.11. The Labute approximate surface area is 117 Å². The lowest BCUT2D eigenvalue weighted by atomic mass is 10.0. The Kier molecular flexibility index (Phi) is 5.64. The first-order valence-corrected chi connectivity index (χ1v) is 7.13. The summed E-state index contributed by atoms with van der Waals surface area (Å²) in [7, 11) is 1.46. The lowest BCUT2D eigenvalue weighted by molar-refractivity contribution is -0.148. The summed E-state index contributed by atoms with van der Waals surface area (Å²) in [6.07, 6.45) is -3.59. The molecule has 2 nitrogen and oxygen atoms in total. The molecule has 0 aliphatic carbocycles. The number of hydrogen-bond acceptors (Lipinski definition) is 3. The van der Waals surface area contributed by atoms with Crippen LogP contribution in [0, 0.1) is 0 Å². The molecule has 104 valence electrons. The number of likely N-dealkylation sites (N-methyl/N-ethyl adjacent to an activating group) is 1. The van der Waals surface area contributed by atoms with Gasteiger partial charge in [0.2, 0.25) is 0 Å². The van der Waals surface area contributed by atoms with Gasteiger partial charge in [-0.25, -0.2) is 0 Å². The normalized spacial score (nSPS) is 16.0. The highest BCUT2D eigenvalue weighted by atomic mass is 79.9. The maximum Gasteiger partial charge on any atom is 0.401 e. The molecule has 2 N–H and O–H groups in total. The Morgan fingerprint density at radius 1 is 1.44 bits per heavy atom. The van der Waals surface area contributed by atoms with Gasteiger partial charge in [-0.05, 0) is 41.5 Å². The van der Waals surface area contributed by atoms with Gasteiger partial charge in [-0.2, -0.15) is 13.2 Å². The summed E-state index contributed by atoms with van der Waals surface area (Å²) in [4.78, 5) is 2.12. The Hall–Kier alpha value is -0.110. The lowest BCUT2D eigenvalue weighted by Crippen LogP contribution is -2.42. The van der Waals surface area contributed by atoms with E-state index in [2.05, 4.69) is 15.9 Å². The Morgan fingerprint density at radius 2 is 2.06 bits per heavy atom. The van der Waals surface area contributed by atoms with Crippen molar-refractivity contribution in [3.63, 3.8) is 0 Å². The number of nitrogens with two attached hydrogens (primary N) is 1. The zero-order valence-corrected chi connectivity index (χ0v) is 12.6. The first kappa shape index (κ1) is 15.9. The minimum atomic E-state index is -4.21. The predicted molar refractivity (Wildman–Crippen MR) is 71.7 cm³/mol. The summed E-state index contributed by atoms with van der Waals surface area (Å²) in [5, 5.41) is 0. The monoisotopic (exact) mass is 344 g/mol. The summed E-state index contributed by atoms with van der Waals surface area (Å²) >= 11 is 4.74. The number of hydrogen-bond donors (Lipinski definition) is 1. The van der Waals surface area contributed by atoms with Gasteiger partial charge in [0, 0.05) is 10.9 Å². The molecule has 0 saturated carbocycles. The largest absolute Gasteiger partial charge is 0.401 e. The second-order valence-electron chi connectivity index (χ2n) is 4.19. The molecule has 0 aromatic carbocycles. The van der Waals surface area contributed by atoms with Crippen LogP contribution < -0.4 is 5.73 Å². The standard InChI is InChI=1S/C11H16BrF3N2S/c1-3-7(16)10(8-4-5-9(12)18-8)17(2)6-11(13,14)15/h4-5,7,10H,3,6,16H2,1-2H3. The van der Waals surface area contributed by atoms with Gasteiger partial charge in [0.1, 0.15) is 0 Å². The highest BCUT2D eigenvalue weighted by Crippen LogP contribution is 2.34. The van der Waals surface area contributed by atoms with Crippen molar-refractivity contribution in [2.75, 3.05) is 13.6 Å². The van der Waals surface area contributed by atoms with Crippen LogP contribution in [0.3, 0.4) is 0 Å². The predicted octanol–water partition coefficient (Wildman–Crippen LogP) is 3.78. The second kappa shape index (κ2) is 6.36. The number of thiophene rings is 1. The van der Waals surface area contributed by atoms with Crippen LogP contribution in [0.15, 0.2) is 15.9 Å². The van der Waals surface area contributed by atoms with Crippen molar-refractivity contribution in [2.24, 2.45) is 5.73 Å². The van der Waals surface area contributed by atoms with Crippen LogP contribution in [0.25, 0.3) is 0 Å². The average Bonchev–Trinajstić information content (AvgIpc) is 2.62. The van der Waals surface area contributed by atoms with Crippen LogP contribution in [0.5, 0.6) is 0 Å². The molecule has 1 aromatic rings. The molecular weight excluding hydrogens is 329 g/mol. The van der Waals surface area contributed by atoms with Crippen LogP contribution in [-0.2, 0) is 0 Å². The Balaban J connectivity index is 2.92. The van der Waals surface area contributed by atoms with Crippen molar-refractivity contribution in [2.45, 2.75) is 31.6 Å². The molecule has 0 aliphatic heterocycles. The summed E-state index contributed by atoms with van der Waals surface area (Å²) < 4.78 is 38.3. The zero-order valence-electron chi connectivity index (χ0n) is 10.2. The van der Waals surface area contributed by atoms with Gasteiger partial charge in [0.05, 0.1) is 16.4 Å². The van der Waals surface area contributed by atoms with Crippen molar-refractivity contribution >= 4 is 27.3 Å². The minimum Gasteiger partial charge on any atom is -0.326 e. The van der Waals surface area contributed by atoms with Crippen molar-refractivity contribution < 1.29 is 13.2 Å². The van der Waals surface area contributed by atoms with Gasteiger partial charge < -0.3 is 5.73 Å². The van der Waals surface area contributed by atoms with Crippen molar-refractivity contribution in [3.8, 4) is 0 Å². The molecule has 2 unspecified atom stereocenters. The molecule has 0 bridgehead atoms. The van der Waals surface area contributed by atoms with Gasteiger partial charge in [0.25, 0.3) is 0 Å². The maximum absolute atomic E-state index is 12.5. The number of halogens is 4. The lowest BCUT2D eigenvalue weighted by Gasteiger charge is -2.32. The number of nitrogens with zero attached hydrogens (tertiary/aromatic N) is 1. The number of alkyl halides is 3. The summed E-state index contributed by atoms with van der Waals surface area (Å²) in [6.45, 7) is 0.919. The van der Waals surface area contributed by atoms with E-state index in [-0.39, 0.29) is 6.04 Å². The van der Waals surface area contributed by atoms with Crippen LogP contribution in [0.4, 0.5) is 13.2 Å². The van der Waals surface area contributed by atoms with Crippen molar-refractivity contribution in [1.82, 2.24) is 4.90 Å². The van der Waals surface area contributed by atoms with Gasteiger partial charge in [-0.1, -0.05) is 6.92 Å². The quantitative estimate of drug-likeness (QED) is 0.880. The molecule has 1 heterocycles. The fourth-order valence-electron chi connectivity index (χ4n) is 1.85. The van der Waals surface area contributed by atoms with Gasteiger partial charge in [-0.3, -0.25) is 4.90 Å². The average molecular weight is 345 g/mol. The van der Waals surface area contributed by atoms with E-state index in [1.54, 1.807) is 0 Å². The summed E-state index contributed by atoms with van der Waals surface area (Å²) in [5.41, 5.74) is 5.96. The van der Waals surface area contributed by atoms with Gasteiger partial charge in [-0.15, -0.1) is 11.3 Å². The van der Waals surface area contributed by atoms with E-state index in [1.165, 1.54) is 23.3 Å². The van der Waals surface area contributed by atoms with E-state index in [0.29, 0.717) is 6.42 Å². The fourth-order valence-corrected chi connectivity index (χ4v) is 3.51. The van der Waals surface area contributed by atoms with Gasteiger partial charge in [0.15, 0.2) is 0 Å². The SMILES string of the molecule is CCC(N)C(c1ccc(Br)s1)N(C)CC(F)(F)F. The van der Waals surface area contributed by atoms with E-state index in [1.807, 2.05) is 19.1 Å². The molecule has 0 saturated heterocycles. The van der Waals surface area contributed by atoms with Crippen molar-refractivity contribution in [3.05, 3.63) is 20.8 Å². The fraction of sp³-hybridized carbons (Fsp3) is 0.636. The Bertz CT molecular complexity index is 381. The van der Waals surface area contributed by atoms with E-state index in [4.69, 9.17) is 5.73 Å². The minimum absolute atomic E-state index is 0.317. The molecule has 18 heavy (non-hydrogen) atoms. The molecule has 1 aromatic heterocycles. The Morgan fingerprint density at radius 3 is 2.44 bits per heavy atom. The first-order valence-electron chi connectivity index (χ1n) is 5.52. The van der Waals surface area contributed by atoms with Crippen molar-refractivity contribution in [1.29, 1.82) is 0 Å². The smallest absolute Gasteiger partial charge is 0.326 e. The zero-order chi connectivity index (χ0) is 13.9. The topological polar surface area (TPSA) is 29.3 Å². The molecule has 0 radical (unpaired) electrons. The molecule has 0 aliphatic rings. The van der Waals surface area contributed by atoms with Crippen LogP contribution in [0.1, 0.15) is 24.3 Å². The first-order chi connectivity index (χ1) is 8.24. The van der Waals surface area contributed by atoms with Crippen LogP contribution >= 0.6 is 27.3 Å². The molecule has 1 rings (SSSR count). The summed E-state index contributed by atoms with van der Waals surface area (Å²) in [5.74, 6) is 0. The second-order valence-corrected chi connectivity index (χ2v) is 6.68. The van der Waals surface area contributed by atoms with Crippen LogP contribution in [0.2, 0.25) is 0 Å².